The Hall–Kier alpha value is -1.24. The molecule has 0 radical (unpaired) electrons. The molecule has 102 valence electrons. The van der Waals surface area contributed by atoms with Crippen LogP contribution in [0.3, 0.4) is 0 Å². The van der Waals surface area contributed by atoms with E-state index in [4.69, 9.17) is 5.73 Å². The molecule has 2 heterocycles. The molecule has 6 nitrogen and oxygen atoms in total. The van der Waals surface area contributed by atoms with Crippen LogP contribution in [0.2, 0.25) is 0 Å². The maximum atomic E-state index is 11.4. The summed E-state index contributed by atoms with van der Waals surface area (Å²) in [4.78, 5) is 0. The highest BCUT2D eigenvalue weighted by Gasteiger charge is 2.29. The van der Waals surface area contributed by atoms with Gasteiger partial charge in [-0.3, -0.25) is 4.68 Å². The van der Waals surface area contributed by atoms with Gasteiger partial charge in [-0.1, -0.05) is 13.3 Å². The van der Waals surface area contributed by atoms with Crippen molar-refractivity contribution < 1.29 is 8.42 Å². The van der Waals surface area contributed by atoms with Crippen molar-refractivity contribution in [2.45, 2.75) is 32.2 Å². The Kier molecular flexibility index (Phi) is 3.52. The maximum Gasteiger partial charge on any atom is 0.152 e. The highest BCUT2D eigenvalue weighted by atomic mass is 32.2. The second-order valence-corrected chi connectivity index (χ2v) is 7.06. The molecule has 1 saturated heterocycles. The summed E-state index contributed by atoms with van der Waals surface area (Å²) in [6.45, 7) is 2.07. The van der Waals surface area contributed by atoms with Crippen LogP contribution in [0.1, 0.15) is 25.5 Å². The Balaban J connectivity index is 2.15. The van der Waals surface area contributed by atoms with Crippen molar-refractivity contribution in [1.29, 1.82) is 0 Å². The number of anilines is 2. The lowest BCUT2D eigenvalue weighted by Gasteiger charge is -2.13. The third-order valence-electron chi connectivity index (χ3n) is 3.22. The molecular formula is C11H20N4O2S. The second-order valence-electron chi connectivity index (χ2n) is 4.83. The third-order valence-corrected chi connectivity index (χ3v) is 4.99. The number of sulfone groups is 1. The van der Waals surface area contributed by atoms with E-state index in [1.165, 1.54) is 0 Å². The van der Waals surface area contributed by atoms with Gasteiger partial charge in [0.25, 0.3) is 0 Å². The minimum atomic E-state index is -2.88. The normalized spacial score (nSPS) is 22.2. The fraction of sp³-hybridized carbons (Fsp3) is 0.727. The average Bonchev–Trinajstić information content (AvgIpc) is 2.75. The molecule has 1 fully saturated rings. The van der Waals surface area contributed by atoms with Gasteiger partial charge >= 0.3 is 0 Å². The fourth-order valence-electron chi connectivity index (χ4n) is 2.29. The molecule has 0 saturated carbocycles. The first kappa shape index (κ1) is 13.2. The largest absolute Gasteiger partial charge is 0.394 e. The van der Waals surface area contributed by atoms with E-state index in [1.54, 1.807) is 4.68 Å². The summed E-state index contributed by atoms with van der Waals surface area (Å²) >= 11 is 0. The minimum Gasteiger partial charge on any atom is -0.394 e. The first-order valence-corrected chi connectivity index (χ1v) is 8.03. The van der Waals surface area contributed by atoms with Gasteiger partial charge < -0.3 is 11.1 Å². The highest BCUT2D eigenvalue weighted by Crippen LogP contribution is 2.26. The lowest BCUT2D eigenvalue weighted by atomic mass is 10.2. The highest BCUT2D eigenvalue weighted by molar-refractivity contribution is 7.91. The van der Waals surface area contributed by atoms with Crippen LogP contribution in [0.15, 0.2) is 0 Å². The van der Waals surface area contributed by atoms with Gasteiger partial charge in [0.1, 0.15) is 5.82 Å². The van der Waals surface area contributed by atoms with Crippen LogP contribution in [-0.2, 0) is 23.3 Å². The van der Waals surface area contributed by atoms with Crippen LogP contribution in [0.4, 0.5) is 11.5 Å². The SMILES string of the molecule is CCCc1nn(C)c(NC2CCS(=O)(=O)C2)c1N. The molecule has 7 heteroatoms. The zero-order valence-corrected chi connectivity index (χ0v) is 11.6. The molecule has 2 rings (SSSR count). The number of aromatic nitrogens is 2. The predicted molar refractivity (Wildman–Crippen MR) is 72.3 cm³/mol. The molecule has 18 heavy (non-hydrogen) atoms. The van der Waals surface area contributed by atoms with Gasteiger partial charge in [0.2, 0.25) is 0 Å². The molecule has 0 amide bonds. The van der Waals surface area contributed by atoms with Crippen molar-refractivity contribution in [2.24, 2.45) is 7.05 Å². The van der Waals surface area contributed by atoms with Crippen molar-refractivity contribution >= 4 is 21.3 Å². The standard InChI is InChI=1S/C11H20N4O2S/c1-3-4-9-10(12)11(15(2)14-9)13-8-5-6-18(16,17)7-8/h8,13H,3-7,12H2,1-2H3. The van der Waals surface area contributed by atoms with Crippen LogP contribution in [0.5, 0.6) is 0 Å². The molecule has 1 aliphatic rings. The van der Waals surface area contributed by atoms with Crippen LogP contribution in [0, 0.1) is 0 Å². The number of nitrogens with zero attached hydrogens (tertiary/aromatic N) is 2. The Morgan fingerprint density at radius 3 is 2.83 bits per heavy atom. The van der Waals surface area contributed by atoms with E-state index in [9.17, 15) is 8.42 Å². The number of aryl methyl sites for hydroxylation is 2. The summed E-state index contributed by atoms with van der Waals surface area (Å²) in [7, 11) is -1.06. The Morgan fingerprint density at radius 2 is 2.28 bits per heavy atom. The van der Waals surface area contributed by atoms with Gasteiger partial charge in [0.05, 0.1) is 22.9 Å². The van der Waals surface area contributed by atoms with E-state index < -0.39 is 9.84 Å². The Morgan fingerprint density at radius 1 is 1.56 bits per heavy atom. The Labute approximate surface area is 107 Å². The summed E-state index contributed by atoms with van der Waals surface area (Å²) in [5, 5.41) is 7.57. The maximum absolute atomic E-state index is 11.4. The summed E-state index contributed by atoms with van der Waals surface area (Å²) < 4.78 is 24.5. The summed E-state index contributed by atoms with van der Waals surface area (Å²) in [5.74, 6) is 1.17. The van der Waals surface area contributed by atoms with E-state index in [2.05, 4.69) is 17.3 Å². The monoisotopic (exact) mass is 272 g/mol. The first-order chi connectivity index (χ1) is 8.43. The second kappa shape index (κ2) is 4.79. The van der Waals surface area contributed by atoms with Gasteiger partial charge in [-0.25, -0.2) is 8.42 Å². The quantitative estimate of drug-likeness (QED) is 0.835. The van der Waals surface area contributed by atoms with Crippen LogP contribution >= 0.6 is 0 Å². The van der Waals surface area contributed by atoms with Crippen molar-refractivity contribution in [3.63, 3.8) is 0 Å². The van der Waals surface area contributed by atoms with Gasteiger partial charge in [0, 0.05) is 13.1 Å². The van der Waals surface area contributed by atoms with E-state index in [-0.39, 0.29) is 17.5 Å². The molecule has 0 bridgehead atoms. The topological polar surface area (TPSA) is 90.0 Å². The molecular weight excluding hydrogens is 252 g/mol. The molecule has 3 N–H and O–H groups in total. The summed E-state index contributed by atoms with van der Waals surface area (Å²) in [6.07, 6.45) is 2.46. The summed E-state index contributed by atoms with van der Waals surface area (Å²) in [6, 6.07) is -0.0535. The van der Waals surface area contributed by atoms with E-state index in [0.29, 0.717) is 12.1 Å². The molecule has 1 aromatic rings. The molecule has 1 atom stereocenters. The molecule has 1 aliphatic heterocycles. The third kappa shape index (κ3) is 2.60. The number of nitrogens with one attached hydrogen (secondary N) is 1. The van der Waals surface area contributed by atoms with Crippen molar-refractivity contribution in [2.75, 3.05) is 22.6 Å². The number of hydrogen-bond acceptors (Lipinski definition) is 5. The number of nitrogen functional groups attached to an aromatic ring is 1. The fourth-order valence-corrected chi connectivity index (χ4v) is 3.96. The number of hydrogen-bond donors (Lipinski definition) is 2. The average molecular weight is 272 g/mol. The minimum absolute atomic E-state index is 0.0535. The molecule has 1 aromatic heterocycles. The summed E-state index contributed by atoms with van der Waals surface area (Å²) in [5.41, 5.74) is 7.56. The number of rotatable bonds is 4. The van der Waals surface area contributed by atoms with E-state index in [1.807, 2.05) is 7.05 Å². The van der Waals surface area contributed by atoms with Crippen LogP contribution in [-0.4, -0.2) is 35.7 Å². The Bertz CT molecular complexity index is 535. The predicted octanol–water partition coefficient (Wildman–Crippen LogP) is 0.554. The molecule has 1 unspecified atom stereocenters. The van der Waals surface area contributed by atoms with Gasteiger partial charge in [-0.15, -0.1) is 0 Å². The number of nitrogens with two attached hydrogens (primary N) is 1. The lowest BCUT2D eigenvalue weighted by Crippen LogP contribution is -2.22. The molecule has 0 spiro atoms. The van der Waals surface area contributed by atoms with E-state index in [0.717, 1.165) is 24.4 Å². The van der Waals surface area contributed by atoms with Crippen LogP contribution in [0.25, 0.3) is 0 Å². The first-order valence-electron chi connectivity index (χ1n) is 6.21. The van der Waals surface area contributed by atoms with Crippen molar-refractivity contribution in [3.05, 3.63) is 5.69 Å². The zero-order valence-electron chi connectivity index (χ0n) is 10.8. The van der Waals surface area contributed by atoms with E-state index >= 15 is 0 Å². The van der Waals surface area contributed by atoms with Gasteiger partial charge in [-0.05, 0) is 12.8 Å². The van der Waals surface area contributed by atoms with Gasteiger partial charge in [-0.2, -0.15) is 5.10 Å². The van der Waals surface area contributed by atoms with Crippen molar-refractivity contribution in [3.8, 4) is 0 Å². The van der Waals surface area contributed by atoms with Crippen LogP contribution < -0.4 is 11.1 Å². The zero-order chi connectivity index (χ0) is 13.3. The smallest absolute Gasteiger partial charge is 0.152 e. The van der Waals surface area contributed by atoms with Crippen molar-refractivity contribution in [1.82, 2.24) is 9.78 Å². The molecule has 0 aromatic carbocycles. The molecule has 0 aliphatic carbocycles. The van der Waals surface area contributed by atoms with Gasteiger partial charge in [0.15, 0.2) is 9.84 Å². The lowest BCUT2D eigenvalue weighted by molar-refractivity contribution is 0.601.